The molecule has 1 amide bonds. The van der Waals surface area contributed by atoms with Gasteiger partial charge in [-0.15, -0.1) is 0 Å². The Balaban J connectivity index is 1.92. The summed E-state index contributed by atoms with van der Waals surface area (Å²) in [5.74, 6) is 0. The smallest absolute Gasteiger partial charge is 0.410 e. The van der Waals surface area contributed by atoms with Crippen LogP contribution in [0.2, 0.25) is 0 Å². The summed E-state index contributed by atoms with van der Waals surface area (Å²) >= 11 is 0. The highest BCUT2D eigenvalue weighted by Gasteiger charge is 2.24. The molecule has 0 aliphatic heterocycles. The number of benzene rings is 1. The molecule has 1 N–H and O–H groups in total. The maximum Gasteiger partial charge on any atom is 0.410 e. The molecule has 0 spiro atoms. The van der Waals surface area contributed by atoms with Crippen molar-refractivity contribution in [2.75, 3.05) is 13.1 Å². The second-order valence-electron chi connectivity index (χ2n) is 6.62. The molecular weight excluding hydrogens is 264 g/mol. The molecule has 0 saturated heterocycles. The minimum Gasteiger partial charge on any atom is -0.444 e. The minimum absolute atomic E-state index is 0.246. The van der Waals surface area contributed by atoms with E-state index in [1.165, 1.54) is 12.8 Å². The third-order valence-electron chi connectivity index (χ3n) is 3.26. The lowest BCUT2D eigenvalue weighted by Gasteiger charge is -2.27. The van der Waals surface area contributed by atoms with Gasteiger partial charge in [0, 0.05) is 25.7 Å². The van der Waals surface area contributed by atoms with E-state index in [2.05, 4.69) is 5.32 Å². The maximum atomic E-state index is 12.3. The molecule has 1 aromatic carbocycles. The van der Waals surface area contributed by atoms with E-state index >= 15 is 0 Å². The molecule has 21 heavy (non-hydrogen) atoms. The molecule has 4 heteroatoms. The first-order chi connectivity index (χ1) is 9.94. The standard InChI is InChI=1S/C17H26N2O2/c1-17(2,3)21-16(20)19(12-11-18-15-9-10-15)13-14-7-5-4-6-8-14/h4-8,15,18H,9-13H2,1-3H3. The first-order valence-corrected chi connectivity index (χ1v) is 7.69. The van der Waals surface area contributed by atoms with E-state index in [1.54, 1.807) is 4.90 Å². The first-order valence-electron chi connectivity index (χ1n) is 7.69. The molecule has 1 aromatic rings. The van der Waals surface area contributed by atoms with Gasteiger partial charge in [0.2, 0.25) is 0 Å². The third-order valence-corrected chi connectivity index (χ3v) is 3.26. The van der Waals surface area contributed by atoms with Gasteiger partial charge in [0.25, 0.3) is 0 Å². The van der Waals surface area contributed by atoms with Crippen LogP contribution in [0.1, 0.15) is 39.2 Å². The number of amides is 1. The predicted molar refractivity (Wildman–Crippen MR) is 84.1 cm³/mol. The molecule has 1 aliphatic rings. The number of hydrogen-bond acceptors (Lipinski definition) is 3. The Bertz CT molecular complexity index is 450. The van der Waals surface area contributed by atoms with Crippen LogP contribution >= 0.6 is 0 Å². The van der Waals surface area contributed by atoms with Gasteiger partial charge < -0.3 is 15.0 Å². The predicted octanol–water partition coefficient (Wildman–Crippen LogP) is 3.18. The van der Waals surface area contributed by atoms with Crippen LogP contribution in [-0.2, 0) is 11.3 Å². The van der Waals surface area contributed by atoms with Crippen LogP contribution in [0.3, 0.4) is 0 Å². The monoisotopic (exact) mass is 290 g/mol. The van der Waals surface area contributed by atoms with Gasteiger partial charge in [-0.2, -0.15) is 0 Å². The number of carbonyl (C=O) groups is 1. The summed E-state index contributed by atoms with van der Waals surface area (Å²) in [4.78, 5) is 14.1. The van der Waals surface area contributed by atoms with Crippen molar-refractivity contribution in [3.05, 3.63) is 35.9 Å². The van der Waals surface area contributed by atoms with Gasteiger partial charge in [0.1, 0.15) is 5.60 Å². The number of carbonyl (C=O) groups excluding carboxylic acids is 1. The molecular formula is C17H26N2O2. The Kier molecular flexibility index (Phi) is 5.23. The van der Waals surface area contributed by atoms with Gasteiger partial charge in [-0.1, -0.05) is 30.3 Å². The zero-order valence-electron chi connectivity index (χ0n) is 13.3. The summed E-state index contributed by atoms with van der Waals surface area (Å²) in [5, 5.41) is 3.44. The molecule has 1 saturated carbocycles. The van der Waals surface area contributed by atoms with Crippen LogP contribution in [0.4, 0.5) is 4.79 Å². The number of hydrogen-bond donors (Lipinski definition) is 1. The molecule has 0 radical (unpaired) electrons. The zero-order valence-corrected chi connectivity index (χ0v) is 13.3. The highest BCUT2D eigenvalue weighted by atomic mass is 16.6. The van der Waals surface area contributed by atoms with Crippen molar-refractivity contribution in [1.29, 1.82) is 0 Å². The Morgan fingerprint density at radius 2 is 1.95 bits per heavy atom. The summed E-state index contributed by atoms with van der Waals surface area (Å²) in [5.41, 5.74) is 0.658. The number of ether oxygens (including phenoxy) is 1. The van der Waals surface area contributed by atoms with E-state index in [9.17, 15) is 4.79 Å². The third kappa shape index (κ3) is 6.17. The largest absolute Gasteiger partial charge is 0.444 e. The summed E-state index contributed by atoms with van der Waals surface area (Å²) in [6.07, 6.45) is 2.26. The van der Waals surface area contributed by atoms with Crippen molar-refractivity contribution in [2.24, 2.45) is 0 Å². The minimum atomic E-state index is -0.462. The fraction of sp³-hybridized carbons (Fsp3) is 0.588. The fourth-order valence-corrected chi connectivity index (χ4v) is 2.06. The molecule has 2 rings (SSSR count). The van der Waals surface area contributed by atoms with E-state index in [0.717, 1.165) is 12.1 Å². The van der Waals surface area contributed by atoms with Crippen LogP contribution in [0.15, 0.2) is 30.3 Å². The van der Waals surface area contributed by atoms with Crippen LogP contribution in [-0.4, -0.2) is 35.7 Å². The SMILES string of the molecule is CC(C)(C)OC(=O)N(CCNC1CC1)Cc1ccccc1. The molecule has 1 aliphatic carbocycles. The highest BCUT2D eigenvalue weighted by Crippen LogP contribution is 2.18. The average Bonchev–Trinajstić information content (AvgIpc) is 3.21. The molecule has 0 heterocycles. The van der Waals surface area contributed by atoms with Crippen molar-refractivity contribution in [3.63, 3.8) is 0 Å². The normalized spacial score (nSPS) is 14.8. The summed E-state index contributed by atoms with van der Waals surface area (Å²) < 4.78 is 5.50. The molecule has 116 valence electrons. The molecule has 0 aromatic heterocycles. The maximum absolute atomic E-state index is 12.3. The Labute approximate surface area is 127 Å². The fourth-order valence-electron chi connectivity index (χ4n) is 2.06. The van der Waals surface area contributed by atoms with Gasteiger partial charge in [0.05, 0.1) is 0 Å². The summed E-state index contributed by atoms with van der Waals surface area (Å²) in [6.45, 7) is 7.76. The van der Waals surface area contributed by atoms with E-state index in [4.69, 9.17) is 4.74 Å². The van der Waals surface area contributed by atoms with Crippen LogP contribution in [0, 0.1) is 0 Å². The van der Waals surface area contributed by atoms with Gasteiger partial charge in [-0.05, 0) is 39.2 Å². The van der Waals surface area contributed by atoms with Gasteiger partial charge >= 0.3 is 6.09 Å². The molecule has 4 nitrogen and oxygen atoms in total. The topological polar surface area (TPSA) is 41.6 Å². The Morgan fingerprint density at radius 1 is 1.29 bits per heavy atom. The van der Waals surface area contributed by atoms with Crippen molar-refractivity contribution in [3.8, 4) is 0 Å². The second-order valence-corrected chi connectivity index (χ2v) is 6.62. The van der Waals surface area contributed by atoms with Crippen LogP contribution in [0.25, 0.3) is 0 Å². The van der Waals surface area contributed by atoms with Crippen molar-refractivity contribution < 1.29 is 9.53 Å². The van der Waals surface area contributed by atoms with E-state index in [1.807, 2.05) is 51.1 Å². The highest BCUT2D eigenvalue weighted by molar-refractivity contribution is 5.68. The number of rotatable bonds is 6. The Hall–Kier alpha value is -1.55. The van der Waals surface area contributed by atoms with E-state index in [0.29, 0.717) is 19.1 Å². The molecule has 1 fully saturated rings. The van der Waals surface area contributed by atoms with Crippen molar-refractivity contribution in [2.45, 2.75) is 51.8 Å². The van der Waals surface area contributed by atoms with Crippen LogP contribution < -0.4 is 5.32 Å². The number of nitrogens with zero attached hydrogens (tertiary/aromatic N) is 1. The molecule has 0 bridgehead atoms. The lowest BCUT2D eigenvalue weighted by molar-refractivity contribution is 0.0235. The lowest BCUT2D eigenvalue weighted by Crippen LogP contribution is -2.40. The van der Waals surface area contributed by atoms with Gasteiger partial charge in [-0.25, -0.2) is 4.79 Å². The van der Waals surface area contributed by atoms with Gasteiger partial charge in [0.15, 0.2) is 0 Å². The summed E-state index contributed by atoms with van der Waals surface area (Å²) in [7, 11) is 0. The quantitative estimate of drug-likeness (QED) is 0.875. The van der Waals surface area contributed by atoms with Crippen molar-refractivity contribution >= 4 is 6.09 Å². The summed E-state index contributed by atoms with van der Waals surface area (Å²) in [6, 6.07) is 10.7. The van der Waals surface area contributed by atoms with Crippen LogP contribution in [0.5, 0.6) is 0 Å². The van der Waals surface area contributed by atoms with Crippen molar-refractivity contribution in [1.82, 2.24) is 10.2 Å². The van der Waals surface area contributed by atoms with Gasteiger partial charge in [-0.3, -0.25) is 0 Å². The Morgan fingerprint density at radius 3 is 2.52 bits per heavy atom. The van der Waals surface area contributed by atoms with E-state index in [-0.39, 0.29) is 6.09 Å². The molecule has 0 unspecified atom stereocenters. The average molecular weight is 290 g/mol. The second kappa shape index (κ2) is 6.94. The zero-order chi connectivity index (χ0) is 15.3. The first kappa shape index (κ1) is 15.8. The molecule has 0 atom stereocenters. The lowest BCUT2D eigenvalue weighted by atomic mass is 10.2. The van der Waals surface area contributed by atoms with E-state index < -0.39 is 5.60 Å². The number of nitrogens with one attached hydrogen (secondary N) is 1.